The van der Waals surface area contributed by atoms with E-state index in [-0.39, 0.29) is 0 Å². The molecular formula is C15H32N2O2. The fourth-order valence-electron chi connectivity index (χ4n) is 2.56. The summed E-state index contributed by atoms with van der Waals surface area (Å²) in [5.41, 5.74) is 0. The molecule has 1 N–H and O–H groups in total. The van der Waals surface area contributed by atoms with Crippen molar-refractivity contribution in [2.24, 2.45) is 5.92 Å². The number of hydrogen-bond donors (Lipinski definition) is 1. The molecule has 0 spiro atoms. The van der Waals surface area contributed by atoms with E-state index in [4.69, 9.17) is 9.47 Å². The van der Waals surface area contributed by atoms with Crippen LogP contribution < -0.4 is 5.32 Å². The number of nitrogens with one attached hydrogen (secondary N) is 1. The highest BCUT2D eigenvalue weighted by atomic mass is 16.5. The van der Waals surface area contributed by atoms with Gasteiger partial charge in [0.25, 0.3) is 0 Å². The predicted molar refractivity (Wildman–Crippen MR) is 79.6 cm³/mol. The molecule has 2 unspecified atom stereocenters. The summed E-state index contributed by atoms with van der Waals surface area (Å²) in [6.07, 6.45) is 2.86. The van der Waals surface area contributed by atoms with Crippen LogP contribution in [0, 0.1) is 5.92 Å². The molecule has 1 fully saturated rings. The monoisotopic (exact) mass is 272 g/mol. The SMILES string of the molecule is COCCN(CC(C)C)C(C)CNCC1CCCO1. The van der Waals surface area contributed by atoms with Gasteiger partial charge in [-0.25, -0.2) is 0 Å². The van der Waals surface area contributed by atoms with E-state index in [0.29, 0.717) is 18.1 Å². The van der Waals surface area contributed by atoms with Crippen LogP contribution in [0.1, 0.15) is 33.6 Å². The van der Waals surface area contributed by atoms with Crippen LogP contribution in [0.4, 0.5) is 0 Å². The highest BCUT2D eigenvalue weighted by Gasteiger charge is 2.17. The number of ether oxygens (including phenoxy) is 2. The zero-order chi connectivity index (χ0) is 14.1. The summed E-state index contributed by atoms with van der Waals surface area (Å²) in [7, 11) is 1.77. The maximum atomic E-state index is 5.63. The van der Waals surface area contributed by atoms with E-state index >= 15 is 0 Å². The molecular weight excluding hydrogens is 240 g/mol. The average Bonchev–Trinajstić information content (AvgIpc) is 2.87. The van der Waals surface area contributed by atoms with Gasteiger partial charge in [-0.05, 0) is 25.7 Å². The lowest BCUT2D eigenvalue weighted by molar-refractivity contribution is 0.0986. The predicted octanol–water partition coefficient (Wildman–Crippen LogP) is 1.75. The smallest absolute Gasteiger partial charge is 0.0700 e. The molecule has 1 aliphatic heterocycles. The van der Waals surface area contributed by atoms with Crippen molar-refractivity contribution in [1.29, 1.82) is 0 Å². The first-order chi connectivity index (χ1) is 9.13. The third-order valence-electron chi connectivity index (χ3n) is 3.64. The Bertz CT molecular complexity index is 218. The zero-order valence-electron chi connectivity index (χ0n) is 13.2. The van der Waals surface area contributed by atoms with Crippen molar-refractivity contribution < 1.29 is 9.47 Å². The van der Waals surface area contributed by atoms with Crippen molar-refractivity contribution in [3.05, 3.63) is 0 Å². The summed E-state index contributed by atoms with van der Waals surface area (Å²) < 4.78 is 10.8. The molecule has 1 rings (SSSR count). The van der Waals surface area contributed by atoms with Crippen LogP contribution in [0.5, 0.6) is 0 Å². The minimum Gasteiger partial charge on any atom is -0.383 e. The molecule has 114 valence electrons. The molecule has 0 aromatic heterocycles. The fourth-order valence-corrected chi connectivity index (χ4v) is 2.56. The van der Waals surface area contributed by atoms with Gasteiger partial charge in [-0.1, -0.05) is 13.8 Å². The van der Waals surface area contributed by atoms with Crippen molar-refractivity contribution in [2.45, 2.75) is 45.8 Å². The second-order valence-electron chi connectivity index (χ2n) is 6.02. The summed E-state index contributed by atoms with van der Waals surface area (Å²) in [5, 5.41) is 3.55. The van der Waals surface area contributed by atoms with E-state index in [1.165, 1.54) is 12.8 Å². The summed E-state index contributed by atoms with van der Waals surface area (Å²) >= 11 is 0. The van der Waals surface area contributed by atoms with E-state index in [0.717, 1.165) is 39.4 Å². The lowest BCUT2D eigenvalue weighted by atomic mass is 10.1. The lowest BCUT2D eigenvalue weighted by Gasteiger charge is -2.31. The van der Waals surface area contributed by atoms with Gasteiger partial charge in [0, 0.05) is 45.9 Å². The molecule has 1 aliphatic rings. The van der Waals surface area contributed by atoms with Gasteiger partial charge in [0.1, 0.15) is 0 Å². The van der Waals surface area contributed by atoms with E-state index < -0.39 is 0 Å². The molecule has 0 aromatic carbocycles. The number of hydrogen-bond acceptors (Lipinski definition) is 4. The first-order valence-electron chi connectivity index (χ1n) is 7.68. The second-order valence-corrected chi connectivity index (χ2v) is 6.02. The van der Waals surface area contributed by atoms with Crippen LogP contribution in [0.25, 0.3) is 0 Å². The van der Waals surface area contributed by atoms with Gasteiger partial charge in [0.2, 0.25) is 0 Å². The molecule has 0 aromatic rings. The van der Waals surface area contributed by atoms with Crippen molar-refractivity contribution in [3.8, 4) is 0 Å². The van der Waals surface area contributed by atoms with Crippen LogP contribution in [0.15, 0.2) is 0 Å². The van der Waals surface area contributed by atoms with Gasteiger partial charge in [0.15, 0.2) is 0 Å². The Morgan fingerprint density at radius 1 is 1.37 bits per heavy atom. The van der Waals surface area contributed by atoms with E-state index in [1.54, 1.807) is 7.11 Å². The van der Waals surface area contributed by atoms with Gasteiger partial charge in [-0.2, -0.15) is 0 Å². The molecule has 4 heteroatoms. The van der Waals surface area contributed by atoms with Crippen LogP contribution in [-0.4, -0.2) is 63.5 Å². The third kappa shape index (κ3) is 7.25. The highest BCUT2D eigenvalue weighted by Crippen LogP contribution is 2.10. The van der Waals surface area contributed by atoms with Crippen LogP contribution in [0.3, 0.4) is 0 Å². The topological polar surface area (TPSA) is 33.7 Å². The van der Waals surface area contributed by atoms with Gasteiger partial charge in [-0.3, -0.25) is 4.90 Å². The normalized spacial score (nSPS) is 21.5. The fraction of sp³-hybridized carbons (Fsp3) is 1.00. The van der Waals surface area contributed by atoms with Gasteiger partial charge >= 0.3 is 0 Å². The molecule has 0 bridgehead atoms. The Labute approximate surface area is 118 Å². The van der Waals surface area contributed by atoms with Crippen LogP contribution in [-0.2, 0) is 9.47 Å². The second kappa shape index (κ2) is 9.70. The summed E-state index contributed by atoms with van der Waals surface area (Å²) in [4.78, 5) is 2.51. The lowest BCUT2D eigenvalue weighted by Crippen LogP contribution is -2.45. The number of rotatable bonds is 10. The largest absolute Gasteiger partial charge is 0.383 e. The molecule has 1 heterocycles. The van der Waals surface area contributed by atoms with Crippen LogP contribution >= 0.6 is 0 Å². The molecule has 0 amide bonds. The van der Waals surface area contributed by atoms with Crippen molar-refractivity contribution in [1.82, 2.24) is 10.2 Å². The number of methoxy groups -OCH3 is 1. The summed E-state index contributed by atoms with van der Waals surface area (Å²) in [5.74, 6) is 0.692. The first kappa shape index (κ1) is 16.9. The molecule has 2 atom stereocenters. The highest BCUT2D eigenvalue weighted by molar-refractivity contribution is 4.73. The van der Waals surface area contributed by atoms with E-state index in [1.807, 2.05) is 0 Å². The maximum absolute atomic E-state index is 5.63. The summed E-state index contributed by atoms with van der Waals surface area (Å²) in [6, 6.07) is 0.541. The Morgan fingerprint density at radius 2 is 2.16 bits per heavy atom. The molecule has 0 radical (unpaired) electrons. The molecule has 0 aliphatic carbocycles. The Hall–Kier alpha value is -0.160. The maximum Gasteiger partial charge on any atom is 0.0700 e. The standard InChI is InChI=1S/C15H32N2O2/c1-13(2)12-17(7-9-18-4)14(3)10-16-11-15-6-5-8-19-15/h13-16H,5-12H2,1-4H3. The van der Waals surface area contributed by atoms with Gasteiger partial charge < -0.3 is 14.8 Å². The van der Waals surface area contributed by atoms with E-state index in [2.05, 4.69) is 31.0 Å². The molecule has 0 saturated carbocycles. The molecule has 4 nitrogen and oxygen atoms in total. The van der Waals surface area contributed by atoms with Crippen LogP contribution in [0.2, 0.25) is 0 Å². The molecule has 1 saturated heterocycles. The Kier molecular flexibility index (Phi) is 8.62. The molecule has 19 heavy (non-hydrogen) atoms. The number of nitrogens with zero attached hydrogens (tertiary/aromatic N) is 1. The summed E-state index contributed by atoms with van der Waals surface area (Å²) in [6.45, 7) is 12.7. The van der Waals surface area contributed by atoms with Crippen molar-refractivity contribution in [2.75, 3.05) is 46.5 Å². The minimum atomic E-state index is 0.435. The Morgan fingerprint density at radius 3 is 2.74 bits per heavy atom. The van der Waals surface area contributed by atoms with Gasteiger partial charge in [0.05, 0.1) is 12.7 Å². The first-order valence-corrected chi connectivity index (χ1v) is 7.68. The average molecular weight is 272 g/mol. The van der Waals surface area contributed by atoms with Crippen molar-refractivity contribution >= 4 is 0 Å². The zero-order valence-corrected chi connectivity index (χ0v) is 13.2. The van der Waals surface area contributed by atoms with E-state index in [9.17, 15) is 0 Å². The minimum absolute atomic E-state index is 0.435. The Balaban J connectivity index is 2.22. The third-order valence-corrected chi connectivity index (χ3v) is 3.64. The van der Waals surface area contributed by atoms with Gasteiger partial charge in [-0.15, -0.1) is 0 Å². The quantitative estimate of drug-likeness (QED) is 0.657. The van der Waals surface area contributed by atoms with Crippen molar-refractivity contribution in [3.63, 3.8) is 0 Å².